The molecule has 0 bridgehead atoms. The number of nitrogens with zero attached hydrogens (tertiary/aromatic N) is 1. The minimum absolute atomic E-state index is 0.0797. The number of nitrogens with one attached hydrogen (secondary N) is 1. The van der Waals surface area contributed by atoms with E-state index in [1.54, 1.807) is 53.4 Å². The van der Waals surface area contributed by atoms with E-state index in [1.807, 2.05) is 0 Å². The second-order valence-electron chi connectivity index (χ2n) is 6.11. The van der Waals surface area contributed by atoms with Crippen LogP contribution in [0.5, 0.6) is 5.75 Å². The number of aromatic hydroxyl groups is 1. The number of benzene rings is 2. The number of amides is 2. The molecule has 1 aliphatic rings. The van der Waals surface area contributed by atoms with Gasteiger partial charge in [0, 0.05) is 17.9 Å². The summed E-state index contributed by atoms with van der Waals surface area (Å²) in [5, 5.41) is 12.1. The molecule has 2 amide bonds. The van der Waals surface area contributed by atoms with Crippen molar-refractivity contribution in [2.75, 3.05) is 30.0 Å². The summed E-state index contributed by atoms with van der Waals surface area (Å²) in [7, 11) is 0. The van der Waals surface area contributed by atoms with Crippen LogP contribution in [0.2, 0.25) is 0 Å². The van der Waals surface area contributed by atoms with Gasteiger partial charge in [0.15, 0.2) is 0 Å². The van der Waals surface area contributed by atoms with Crippen molar-refractivity contribution in [3.8, 4) is 5.75 Å². The Morgan fingerprint density at radius 2 is 1.88 bits per heavy atom. The van der Waals surface area contributed by atoms with Crippen molar-refractivity contribution in [1.29, 1.82) is 0 Å². The third-order valence-corrected chi connectivity index (χ3v) is 4.16. The number of hydrogen-bond donors (Lipinski definition) is 3. The van der Waals surface area contributed by atoms with Gasteiger partial charge in [-0.15, -0.1) is 0 Å². The number of phenols is 1. The van der Waals surface area contributed by atoms with Gasteiger partial charge in [0.1, 0.15) is 12.4 Å². The summed E-state index contributed by atoms with van der Waals surface area (Å²) >= 11 is 0. The molecular weight excluding hydrogens is 334 g/mol. The molecule has 1 saturated heterocycles. The molecule has 26 heavy (non-hydrogen) atoms. The van der Waals surface area contributed by atoms with E-state index in [2.05, 4.69) is 5.32 Å². The number of carbonyl (C=O) groups is 2. The highest BCUT2D eigenvalue weighted by Crippen LogP contribution is 2.20. The Morgan fingerprint density at radius 3 is 2.54 bits per heavy atom. The minimum atomic E-state index is -0.708. The molecule has 1 fully saturated rings. The molecule has 7 nitrogen and oxygen atoms in total. The van der Waals surface area contributed by atoms with Gasteiger partial charge in [-0.05, 0) is 48.4 Å². The second kappa shape index (κ2) is 7.99. The Morgan fingerprint density at radius 1 is 1.19 bits per heavy atom. The molecule has 7 heteroatoms. The van der Waals surface area contributed by atoms with E-state index < -0.39 is 6.04 Å². The highest BCUT2D eigenvalue weighted by atomic mass is 16.5. The number of hydrogen-bond acceptors (Lipinski definition) is 5. The standard InChI is InChI=1S/C19H21N3O4/c20-17(11-13-1-7-16(23)8-2-13)19(25)21-14-3-5-15(6-4-14)22-9-10-26-12-18(22)24/h1-8,17,23H,9-12,20H2,(H,21,25). The molecule has 0 radical (unpaired) electrons. The van der Waals surface area contributed by atoms with Crippen molar-refractivity contribution in [3.05, 3.63) is 54.1 Å². The Hall–Kier alpha value is -2.90. The minimum Gasteiger partial charge on any atom is -0.508 e. The summed E-state index contributed by atoms with van der Waals surface area (Å²) in [6.45, 7) is 1.11. The lowest BCUT2D eigenvalue weighted by Gasteiger charge is -2.27. The predicted octanol–water partition coefficient (Wildman–Crippen LogP) is 1.26. The van der Waals surface area contributed by atoms with Gasteiger partial charge in [0.25, 0.3) is 5.91 Å². The summed E-state index contributed by atoms with van der Waals surface area (Å²) in [4.78, 5) is 25.8. The number of carbonyl (C=O) groups excluding carboxylic acids is 2. The summed E-state index contributed by atoms with van der Waals surface area (Å²) in [5.41, 5.74) is 8.21. The van der Waals surface area contributed by atoms with Crippen molar-refractivity contribution in [3.63, 3.8) is 0 Å². The molecule has 1 aliphatic heterocycles. The van der Waals surface area contributed by atoms with Gasteiger partial charge in [0.05, 0.1) is 12.6 Å². The third kappa shape index (κ3) is 4.38. The van der Waals surface area contributed by atoms with E-state index in [-0.39, 0.29) is 24.2 Å². The van der Waals surface area contributed by atoms with E-state index in [1.165, 1.54) is 0 Å². The fourth-order valence-corrected chi connectivity index (χ4v) is 2.73. The molecule has 0 aliphatic carbocycles. The molecule has 1 atom stereocenters. The number of morpholine rings is 1. The van der Waals surface area contributed by atoms with Gasteiger partial charge < -0.3 is 25.8 Å². The van der Waals surface area contributed by atoms with Gasteiger partial charge in [-0.1, -0.05) is 12.1 Å². The van der Waals surface area contributed by atoms with Crippen LogP contribution in [0.3, 0.4) is 0 Å². The number of phenolic OH excluding ortho intramolecular Hbond substituents is 1. The maximum atomic E-state index is 12.3. The van der Waals surface area contributed by atoms with Gasteiger partial charge >= 0.3 is 0 Å². The number of rotatable bonds is 5. The van der Waals surface area contributed by atoms with Crippen molar-refractivity contribution < 1.29 is 19.4 Å². The topological polar surface area (TPSA) is 105 Å². The molecule has 2 aromatic carbocycles. The monoisotopic (exact) mass is 355 g/mol. The van der Waals surface area contributed by atoms with Crippen LogP contribution in [0.4, 0.5) is 11.4 Å². The average Bonchev–Trinajstić information content (AvgIpc) is 2.65. The van der Waals surface area contributed by atoms with Gasteiger partial charge in [-0.2, -0.15) is 0 Å². The van der Waals surface area contributed by atoms with Crippen LogP contribution < -0.4 is 16.0 Å². The normalized spacial score (nSPS) is 15.6. The smallest absolute Gasteiger partial charge is 0.253 e. The molecule has 1 heterocycles. The Balaban J connectivity index is 1.58. The Kier molecular flexibility index (Phi) is 5.50. The first-order valence-corrected chi connectivity index (χ1v) is 8.35. The number of ether oxygens (including phenoxy) is 1. The molecule has 2 aromatic rings. The SMILES string of the molecule is NC(Cc1ccc(O)cc1)C(=O)Nc1ccc(N2CCOCC2=O)cc1. The van der Waals surface area contributed by atoms with Crippen LogP contribution >= 0.6 is 0 Å². The second-order valence-corrected chi connectivity index (χ2v) is 6.11. The molecule has 4 N–H and O–H groups in total. The quantitative estimate of drug-likeness (QED) is 0.749. The largest absolute Gasteiger partial charge is 0.508 e. The zero-order valence-corrected chi connectivity index (χ0v) is 14.2. The van der Waals surface area contributed by atoms with Crippen LogP contribution in [-0.4, -0.2) is 42.7 Å². The Labute approximate surface area is 151 Å². The molecule has 3 rings (SSSR count). The van der Waals surface area contributed by atoms with Gasteiger partial charge in [0.2, 0.25) is 5.91 Å². The molecular formula is C19H21N3O4. The molecule has 0 aromatic heterocycles. The fourth-order valence-electron chi connectivity index (χ4n) is 2.73. The van der Waals surface area contributed by atoms with Crippen molar-refractivity contribution in [2.45, 2.75) is 12.5 Å². The lowest BCUT2D eigenvalue weighted by molar-refractivity contribution is -0.125. The summed E-state index contributed by atoms with van der Waals surface area (Å²) < 4.78 is 5.12. The lowest BCUT2D eigenvalue weighted by Crippen LogP contribution is -2.41. The van der Waals surface area contributed by atoms with Crippen molar-refractivity contribution >= 4 is 23.2 Å². The van der Waals surface area contributed by atoms with E-state index in [4.69, 9.17) is 10.5 Å². The first kappa shape index (κ1) is 17.9. The maximum Gasteiger partial charge on any atom is 0.253 e. The third-order valence-electron chi connectivity index (χ3n) is 4.16. The van der Waals surface area contributed by atoms with Crippen molar-refractivity contribution in [2.24, 2.45) is 5.73 Å². The molecule has 136 valence electrons. The number of nitrogens with two attached hydrogens (primary N) is 1. The maximum absolute atomic E-state index is 12.3. The van der Waals surface area contributed by atoms with Crippen LogP contribution in [0.25, 0.3) is 0 Å². The van der Waals surface area contributed by atoms with Crippen LogP contribution in [0, 0.1) is 0 Å². The predicted molar refractivity (Wildman–Crippen MR) is 98.0 cm³/mol. The van der Waals surface area contributed by atoms with E-state index in [0.717, 1.165) is 11.3 Å². The van der Waals surface area contributed by atoms with E-state index >= 15 is 0 Å². The summed E-state index contributed by atoms with van der Waals surface area (Å²) in [5.74, 6) is -0.206. The first-order chi connectivity index (χ1) is 12.5. The van der Waals surface area contributed by atoms with Crippen LogP contribution in [0.15, 0.2) is 48.5 Å². The number of anilines is 2. The van der Waals surface area contributed by atoms with Gasteiger partial charge in [-0.25, -0.2) is 0 Å². The summed E-state index contributed by atoms with van der Waals surface area (Å²) in [6, 6.07) is 12.9. The lowest BCUT2D eigenvalue weighted by atomic mass is 10.1. The Bertz CT molecular complexity index is 774. The average molecular weight is 355 g/mol. The molecule has 0 saturated carbocycles. The first-order valence-electron chi connectivity index (χ1n) is 8.35. The molecule has 1 unspecified atom stereocenters. The zero-order valence-electron chi connectivity index (χ0n) is 14.2. The highest BCUT2D eigenvalue weighted by molar-refractivity contribution is 5.96. The van der Waals surface area contributed by atoms with Crippen LogP contribution in [0.1, 0.15) is 5.56 Å². The summed E-state index contributed by atoms with van der Waals surface area (Å²) in [6.07, 6.45) is 0.368. The van der Waals surface area contributed by atoms with E-state index in [9.17, 15) is 14.7 Å². The molecule has 0 spiro atoms. The van der Waals surface area contributed by atoms with Gasteiger partial charge in [-0.3, -0.25) is 9.59 Å². The fraction of sp³-hybridized carbons (Fsp3) is 0.263. The zero-order chi connectivity index (χ0) is 18.5. The van der Waals surface area contributed by atoms with Crippen molar-refractivity contribution in [1.82, 2.24) is 0 Å². The van der Waals surface area contributed by atoms with Crippen LogP contribution in [-0.2, 0) is 20.7 Å². The highest BCUT2D eigenvalue weighted by Gasteiger charge is 2.20. The van der Waals surface area contributed by atoms with E-state index in [0.29, 0.717) is 25.3 Å².